The van der Waals surface area contributed by atoms with Crippen LogP contribution in [0.15, 0.2) is 24.3 Å². The molecule has 0 saturated heterocycles. The Kier molecular flexibility index (Phi) is 6.36. The molecule has 1 aromatic carbocycles. The fourth-order valence-corrected chi connectivity index (χ4v) is 1.83. The maximum absolute atomic E-state index is 11.7. The van der Waals surface area contributed by atoms with Gasteiger partial charge in [0.05, 0.1) is 12.1 Å². The van der Waals surface area contributed by atoms with E-state index in [1.54, 1.807) is 0 Å². The molecule has 2 unspecified atom stereocenters. The van der Waals surface area contributed by atoms with E-state index in [1.807, 2.05) is 45.0 Å². The van der Waals surface area contributed by atoms with Crippen LogP contribution in [0.3, 0.4) is 0 Å². The Morgan fingerprint density at radius 3 is 2.53 bits per heavy atom. The van der Waals surface area contributed by atoms with Crippen molar-refractivity contribution in [3.63, 3.8) is 0 Å². The number of carbonyl (C=O) groups is 1. The van der Waals surface area contributed by atoms with Gasteiger partial charge in [-0.2, -0.15) is 0 Å². The molecule has 1 aromatic rings. The van der Waals surface area contributed by atoms with Gasteiger partial charge in [0.15, 0.2) is 0 Å². The monoisotopic (exact) mass is 264 g/mol. The summed E-state index contributed by atoms with van der Waals surface area (Å²) in [7, 11) is 0. The minimum absolute atomic E-state index is 0.0519. The van der Waals surface area contributed by atoms with Crippen LogP contribution in [-0.2, 0) is 0 Å². The molecule has 0 spiro atoms. The van der Waals surface area contributed by atoms with E-state index in [0.29, 0.717) is 13.0 Å². The fraction of sp³-hybridized carbons (Fsp3) is 0.533. The van der Waals surface area contributed by atoms with Crippen LogP contribution >= 0.6 is 0 Å². The number of carbonyl (C=O) groups excluding carboxylic acids is 1. The Morgan fingerprint density at radius 1 is 1.32 bits per heavy atom. The van der Waals surface area contributed by atoms with Gasteiger partial charge in [0.25, 0.3) is 0 Å². The molecule has 0 heterocycles. The van der Waals surface area contributed by atoms with Crippen LogP contribution in [-0.4, -0.2) is 23.8 Å². The number of urea groups is 1. The molecule has 0 aliphatic rings. The molecule has 2 atom stereocenters. The molecular weight excluding hydrogens is 240 g/mol. The summed E-state index contributed by atoms with van der Waals surface area (Å²) in [6.45, 7) is 6.26. The molecule has 4 nitrogen and oxygen atoms in total. The zero-order valence-corrected chi connectivity index (χ0v) is 11.9. The standard InChI is InChI=1S/C15H24N2O2/c1-4-5-14(18)10-16-15(19)17-12(3)13-8-6-11(2)7-9-13/h6-9,12,14,18H,4-5,10H2,1-3H3,(H2,16,17,19). The topological polar surface area (TPSA) is 61.4 Å². The van der Waals surface area contributed by atoms with Crippen molar-refractivity contribution >= 4 is 6.03 Å². The predicted octanol–water partition coefficient (Wildman–Crippen LogP) is 2.52. The maximum Gasteiger partial charge on any atom is 0.315 e. The number of aryl methyl sites for hydroxylation is 1. The molecule has 0 aliphatic carbocycles. The van der Waals surface area contributed by atoms with Crippen LogP contribution in [0.1, 0.15) is 43.9 Å². The van der Waals surface area contributed by atoms with E-state index in [2.05, 4.69) is 10.6 Å². The second-order valence-electron chi connectivity index (χ2n) is 4.93. The quantitative estimate of drug-likeness (QED) is 0.739. The van der Waals surface area contributed by atoms with Gasteiger partial charge < -0.3 is 15.7 Å². The lowest BCUT2D eigenvalue weighted by Crippen LogP contribution is -2.40. The molecule has 19 heavy (non-hydrogen) atoms. The van der Waals surface area contributed by atoms with Gasteiger partial charge in [-0.15, -0.1) is 0 Å². The van der Waals surface area contributed by atoms with Crippen LogP contribution in [0.25, 0.3) is 0 Å². The highest BCUT2D eigenvalue weighted by molar-refractivity contribution is 5.74. The molecule has 0 radical (unpaired) electrons. The zero-order chi connectivity index (χ0) is 14.3. The van der Waals surface area contributed by atoms with E-state index in [4.69, 9.17) is 0 Å². The molecule has 0 fully saturated rings. The van der Waals surface area contributed by atoms with Crippen molar-refractivity contribution in [3.8, 4) is 0 Å². The number of rotatable bonds is 6. The fourth-order valence-electron chi connectivity index (χ4n) is 1.83. The van der Waals surface area contributed by atoms with Crippen molar-refractivity contribution in [2.24, 2.45) is 0 Å². The third-order valence-electron chi connectivity index (χ3n) is 3.05. The molecule has 0 bridgehead atoms. The molecule has 3 N–H and O–H groups in total. The Labute approximate surface area is 115 Å². The third-order valence-corrected chi connectivity index (χ3v) is 3.05. The molecule has 0 aliphatic heterocycles. The first-order valence-electron chi connectivity index (χ1n) is 6.82. The number of aliphatic hydroxyl groups is 1. The van der Waals surface area contributed by atoms with Gasteiger partial charge in [0.2, 0.25) is 0 Å². The number of nitrogens with one attached hydrogen (secondary N) is 2. The minimum atomic E-state index is -0.467. The molecule has 106 valence electrons. The molecule has 2 amide bonds. The first-order chi connectivity index (χ1) is 9.02. The minimum Gasteiger partial charge on any atom is -0.391 e. The van der Waals surface area contributed by atoms with Crippen LogP contribution in [0.5, 0.6) is 0 Å². The van der Waals surface area contributed by atoms with E-state index < -0.39 is 6.10 Å². The molecule has 0 aromatic heterocycles. The summed E-state index contributed by atoms with van der Waals surface area (Å²) in [6.07, 6.45) is 1.14. The summed E-state index contributed by atoms with van der Waals surface area (Å²) in [5.41, 5.74) is 2.26. The lowest BCUT2D eigenvalue weighted by atomic mass is 10.1. The smallest absolute Gasteiger partial charge is 0.315 e. The first-order valence-corrected chi connectivity index (χ1v) is 6.82. The van der Waals surface area contributed by atoms with Crippen LogP contribution in [0.2, 0.25) is 0 Å². The van der Waals surface area contributed by atoms with Crippen molar-refractivity contribution in [1.82, 2.24) is 10.6 Å². The summed E-state index contributed by atoms with van der Waals surface area (Å²) in [6, 6.07) is 7.76. The van der Waals surface area contributed by atoms with Crippen molar-refractivity contribution < 1.29 is 9.90 Å². The van der Waals surface area contributed by atoms with Crippen LogP contribution in [0.4, 0.5) is 4.79 Å². The lowest BCUT2D eigenvalue weighted by Gasteiger charge is -2.16. The van der Waals surface area contributed by atoms with Gasteiger partial charge >= 0.3 is 6.03 Å². The largest absolute Gasteiger partial charge is 0.391 e. The highest BCUT2D eigenvalue weighted by Crippen LogP contribution is 2.12. The summed E-state index contributed by atoms with van der Waals surface area (Å²) < 4.78 is 0. The van der Waals surface area contributed by atoms with Gasteiger partial charge in [0, 0.05) is 6.54 Å². The molecule has 0 saturated carbocycles. The Bertz CT molecular complexity index is 390. The summed E-state index contributed by atoms with van der Waals surface area (Å²) >= 11 is 0. The lowest BCUT2D eigenvalue weighted by molar-refractivity contribution is 0.160. The van der Waals surface area contributed by atoms with Gasteiger partial charge in [-0.3, -0.25) is 0 Å². The highest BCUT2D eigenvalue weighted by Gasteiger charge is 2.10. The van der Waals surface area contributed by atoms with Crippen molar-refractivity contribution in [2.45, 2.75) is 45.8 Å². The Balaban J connectivity index is 2.37. The normalized spacial score (nSPS) is 13.7. The Hall–Kier alpha value is -1.55. The van der Waals surface area contributed by atoms with E-state index in [9.17, 15) is 9.90 Å². The molecular formula is C15H24N2O2. The number of amides is 2. The Morgan fingerprint density at radius 2 is 1.95 bits per heavy atom. The van der Waals surface area contributed by atoms with E-state index in [0.717, 1.165) is 12.0 Å². The van der Waals surface area contributed by atoms with E-state index in [-0.39, 0.29) is 12.1 Å². The maximum atomic E-state index is 11.7. The van der Waals surface area contributed by atoms with Crippen LogP contribution < -0.4 is 10.6 Å². The highest BCUT2D eigenvalue weighted by atomic mass is 16.3. The van der Waals surface area contributed by atoms with Crippen molar-refractivity contribution in [1.29, 1.82) is 0 Å². The predicted molar refractivity (Wildman–Crippen MR) is 77.0 cm³/mol. The van der Waals surface area contributed by atoms with Crippen molar-refractivity contribution in [2.75, 3.05) is 6.54 Å². The summed E-state index contributed by atoms with van der Waals surface area (Å²) in [5.74, 6) is 0. The van der Waals surface area contributed by atoms with E-state index >= 15 is 0 Å². The molecule has 1 rings (SSSR count). The average Bonchev–Trinajstić information content (AvgIpc) is 2.37. The summed E-state index contributed by atoms with van der Waals surface area (Å²) in [5, 5.41) is 15.1. The number of hydrogen-bond acceptors (Lipinski definition) is 2. The number of hydrogen-bond donors (Lipinski definition) is 3. The summed E-state index contributed by atoms with van der Waals surface area (Å²) in [4.78, 5) is 11.7. The molecule has 4 heteroatoms. The zero-order valence-electron chi connectivity index (χ0n) is 11.9. The second kappa shape index (κ2) is 7.79. The second-order valence-corrected chi connectivity index (χ2v) is 4.93. The third kappa shape index (κ3) is 5.75. The SMILES string of the molecule is CCCC(O)CNC(=O)NC(C)c1ccc(C)cc1. The van der Waals surface area contributed by atoms with Crippen LogP contribution in [0, 0.1) is 6.92 Å². The average molecular weight is 264 g/mol. The number of benzene rings is 1. The van der Waals surface area contributed by atoms with E-state index in [1.165, 1.54) is 5.56 Å². The van der Waals surface area contributed by atoms with Gasteiger partial charge in [0.1, 0.15) is 0 Å². The van der Waals surface area contributed by atoms with Gasteiger partial charge in [-0.25, -0.2) is 4.79 Å². The van der Waals surface area contributed by atoms with Gasteiger partial charge in [-0.05, 0) is 25.8 Å². The van der Waals surface area contributed by atoms with Gasteiger partial charge in [-0.1, -0.05) is 43.2 Å². The first kappa shape index (κ1) is 15.5. The number of aliphatic hydroxyl groups excluding tert-OH is 1. The van der Waals surface area contributed by atoms with Crippen molar-refractivity contribution in [3.05, 3.63) is 35.4 Å².